The van der Waals surface area contributed by atoms with Gasteiger partial charge in [-0.25, -0.2) is 0 Å². The van der Waals surface area contributed by atoms with Crippen molar-refractivity contribution in [1.29, 1.82) is 0 Å². The zero-order valence-electron chi connectivity index (χ0n) is 12.2. The van der Waals surface area contributed by atoms with Gasteiger partial charge in [-0.15, -0.1) is 0 Å². The molecule has 1 amide bonds. The minimum atomic E-state index is -0.626. The first-order valence-electron chi connectivity index (χ1n) is 7.15. The summed E-state index contributed by atoms with van der Waals surface area (Å²) in [6.45, 7) is 4.74. The molecule has 2 unspecified atom stereocenters. The maximum absolute atomic E-state index is 12.0. The molecule has 1 fully saturated rings. The van der Waals surface area contributed by atoms with Crippen molar-refractivity contribution in [3.05, 3.63) is 12.4 Å². The van der Waals surface area contributed by atoms with Crippen molar-refractivity contribution in [2.75, 3.05) is 38.6 Å². The van der Waals surface area contributed by atoms with E-state index in [1.807, 2.05) is 11.8 Å². The fourth-order valence-electron chi connectivity index (χ4n) is 2.41. The molecule has 8 nitrogen and oxygen atoms in total. The monoisotopic (exact) mass is 297 g/mol. The largest absolute Gasteiger partial charge is 0.396 e. The summed E-state index contributed by atoms with van der Waals surface area (Å²) in [6, 6.07) is -0.351. The van der Waals surface area contributed by atoms with Crippen LogP contribution in [0.3, 0.4) is 0 Å². The molecule has 2 heterocycles. The molecule has 0 spiro atoms. The zero-order valence-corrected chi connectivity index (χ0v) is 12.2. The number of hydrogen-bond acceptors (Lipinski definition) is 6. The number of nitrogens with one attached hydrogen (secondary N) is 1. The van der Waals surface area contributed by atoms with Gasteiger partial charge in [0, 0.05) is 25.8 Å². The van der Waals surface area contributed by atoms with Crippen LogP contribution in [-0.2, 0) is 16.1 Å². The maximum atomic E-state index is 12.0. The highest BCUT2D eigenvalue weighted by Crippen LogP contribution is 2.09. The van der Waals surface area contributed by atoms with Crippen molar-refractivity contribution in [1.82, 2.24) is 20.0 Å². The van der Waals surface area contributed by atoms with Gasteiger partial charge in [0.2, 0.25) is 5.91 Å². The van der Waals surface area contributed by atoms with Crippen molar-refractivity contribution in [3.63, 3.8) is 0 Å². The molecular weight excluding hydrogens is 274 g/mol. The number of nitrogen functional groups attached to an aromatic ring is 1. The van der Waals surface area contributed by atoms with E-state index in [0.717, 1.165) is 0 Å². The van der Waals surface area contributed by atoms with E-state index in [1.54, 1.807) is 17.1 Å². The number of carbonyl (C=O) groups excluding carboxylic acids is 1. The molecular formula is C13H23N5O3. The molecule has 0 aliphatic carbocycles. The van der Waals surface area contributed by atoms with Gasteiger partial charge in [-0.2, -0.15) is 5.10 Å². The second-order valence-corrected chi connectivity index (χ2v) is 5.13. The van der Waals surface area contributed by atoms with E-state index in [1.165, 1.54) is 0 Å². The van der Waals surface area contributed by atoms with E-state index in [2.05, 4.69) is 10.4 Å². The number of morpholine rings is 1. The Labute approximate surface area is 123 Å². The summed E-state index contributed by atoms with van der Waals surface area (Å²) >= 11 is 0. The number of anilines is 1. The zero-order chi connectivity index (χ0) is 15.2. The van der Waals surface area contributed by atoms with Crippen molar-refractivity contribution >= 4 is 11.6 Å². The number of nitrogens with zero attached hydrogens (tertiary/aromatic N) is 3. The third-order valence-corrected chi connectivity index (χ3v) is 3.39. The molecule has 1 aliphatic rings. The van der Waals surface area contributed by atoms with E-state index < -0.39 is 6.10 Å². The molecule has 0 saturated carbocycles. The van der Waals surface area contributed by atoms with Crippen LogP contribution < -0.4 is 11.1 Å². The Balaban J connectivity index is 1.90. The minimum Gasteiger partial charge on any atom is -0.396 e. The SMILES string of the molecule is CCNC(=O)C1COCCN1CC(O)Cn1cc(N)cn1. The number of aliphatic hydroxyl groups is 1. The summed E-state index contributed by atoms with van der Waals surface area (Å²) in [5.41, 5.74) is 6.15. The highest BCUT2D eigenvalue weighted by atomic mass is 16.5. The molecule has 2 atom stereocenters. The van der Waals surface area contributed by atoms with Crippen LogP contribution in [0.4, 0.5) is 5.69 Å². The third kappa shape index (κ3) is 4.42. The minimum absolute atomic E-state index is 0.0623. The number of rotatable bonds is 6. The highest BCUT2D eigenvalue weighted by Gasteiger charge is 2.30. The molecule has 1 saturated heterocycles. The van der Waals surface area contributed by atoms with Crippen molar-refractivity contribution < 1.29 is 14.6 Å². The lowest BCUT2D eigenvalue weighted by atomic mass is 10.2. The molecule has 0 radical (unpaired) electrons. The van der Waals surface area contributed by atoms with Crippen LogP contribution in [0.2, 0.25) is 0 Å². The van der Waals surface area contributed by atoms with Gasteiger partial charge in [0.15, 0.2) is 0 Å². The Hall–Kier alpha value is -1.64. The van der Waals surface area contributed by atoms with Gasteiger partial charge in [0.05, 0.1) is 37.7 Å². The highest BCUT2D eigenvalue weighted by molar-refractivity contribution is 5.81. The van der Waals surface area contributed by atoms with Crippen LogP contribution >= 0.6 is 0 Å². The molecule has 1 aromatic heterocycles. The van der Waals surface area contributed by atoms with Gasteiger partial charge in [-0.1, -0.05) is 0 Å². The van der Waals surface area contributed by atoms with Gasteiger partial charge in [-0.05, 0) is 6.92 Å². The molecule has 21 heavy (non-hydrogen) atoms. The summed E-state index contributed by atoms with van der Waals surface area (Å²) in [5.74, 6) is -0.0623. The first-order valence-corrected chi connectivity index (χ1v) is 7.15. The van der Waals surface area contributed by atoms with Gasteiger partial charge in [0.25, 0.3) is 0 Å². The van der Waals surface area contributed by atoms with Crippen molar-refractivity contribution in [2.24, 2.45) is 0 Å². The first-order chi connectivity index (χ1) is 10.1. The van der Waals surface area contributed by atoms with Gasteiger partial charge < -0.3 is 20.9 Å². The lowest BCUT2D eigenvalue weighted by Crippen LogP contribution is -2.55. The Bertz CT molecular complexity index is 464. The van der Waals surface area contributed by atoms with Crippen LogP contribution in [0.5, 0.6) is 0 Å². The average molecular weight is 297 g/mol. The first kappa shape index (κ1) is 15.7. The van der Waals surface area contributed by atoms with Gasteiger partial charge in [0.1, 0.15) is 6.04 Å². The summed E-state index contributed by atoms with van der Waals surface area (Å²) in [7, 11) is 0. The smallest absolute Gasteiger partial charge is 0.239 e. The van der Waals surface area contributed by atoms with Crippen LogP contribution in [-0.4, -0.2) is 70.7 Å². The summed E-state index contributed by atoms with van der Waals surface area (Å²) in [5, 5.41) is 17.0. The van der Waals surface area contributed by atoms with E-state index in [-0.39, 0.29) is 11.9 Å². The number of aromatic nitrogens is 2. The van der Waals surface area contributed by atoms with Crippen LogP contribution in [0.1, 0.15) is 6.92 Å². The molecule has 2 rings (SSSR count). The van der Waals surface area contributed by atoms with E-state index >= 15 is 0 Å². The molecule has 8 heteroatoms. The number of hydrogen-bond donors (Lipinski definition) is 3. The number of nitrogens with two attached hydrogens (primary N) is 1. The number of aliphatic hydroxyl groups excluding tert-OH is 1. The van der Waals surface area contributed by atoms with Crippen LogP contribution in [0, 0.1) is 0 Å². The Morgan fingerprint density at radius 2 is 2.48 bits per heavy atom. The predicted octanol–water partition coefficient (Wildman–Crippen LogP) is -1.34. The lowest BCUT2D eigenvalue weighted by Gasteiger charge is -2.35. The van der Waals surface area contributed by atoms with Crippen LogP contribution in [0.15, 0.2) is 12.4 Å². The maximum Gasteiger partial charge on any atom is 0.239 e. The molecule has 0 bridgehead atoms. The summed E-state index contributed by atoms with van der Waals surface area (Å²) < 4.78 is 6.96. The van der Waals surface area contributed by atoms with Crippen molar-refractivity contribution in [3.8, 4) is 0 Å². The second kappa shape index (κ2) is 7.39. The lowest BCUT2D eigenvalue weighted by molar-refractivity contribution is -0.133. The Morgan fingerprint density at radius 1 is 1.67 bits per heavy atom. The Morgan fingerprint density at radius 3 is 3.14 bits per heavy atom. The molecule has 118 valence electrons. The molecule has 4 N–H and O–H groups in total. The van der Waals surface area contributed by atoms with Gasteiger partial charge in [-0.3, -0.25) is 14.4 Å². The Kier molecular flexibility index (Phi) is 5.54. The van der Waals surface area contributed by atoms with Crippen LogP contribution in [0.25, 0.3) is 0 Å². The number of amides is 1. The fourth-order valence-corrected chi connectivity index (χ4v) is 2.41. The standard InChI is InChI=1S/C13H23N5O3/c1-2-15-13(20)12-9-21-4-3-17(12)7-11(19)8-18-6-10(14)5-16-18/h5-6,11-12,19H,2-4,7-9,14H2,1H3,(H,15,20). The van der Waals surface area contributed by atoms with E-state index in [9.17, 15) is 9.90 Å². The second-order valence-electron chi connectivity index (χ2n) is 5.13. The molecule has 1 aliphatic heterocycles. The van der Waals surface area contributed by atoms with Crippen molar-refractivity contribution in [2.45, 2.75) is 25.6 Å². The molecule has 0 aromatic carbocycles. The summed E-state index contributed by atoms with van der Waals surface area (Å²) in [4.78, 5) is 14.0. The number of β-amino-alcohol motifs (C(OH)–C–C–N with tert-alkyl or cyclic N) is 1. The number of carbonyl (C=O) groups is 1. The molecule has 1 aromatic rings. The van der Waals surface area contributed by atoms with E-state index in [4.69, 9.17) is 10.5 Å². The number of ether oxygens (including phenoxy) is 1. The number of likely N-dealkylation sites (N-methyl/N-ethyl adjacent to an activating group) is 1. The average Bonchev–Trinajstić information content (AvgIpc) is 2.84. The topological polar surface area (TPSA) is 106 Å². The third-order valence-electron chi connectivity index (χ3n) is 3.39. The van der Waals surface area contributed by atoms with Gasteiger partial charge >= 0.3 is 0 Å². The quantitative estimate of drug-likeness (QED) is 0.600. The normalized spacial score (nSPS) is 21.1. The fraction of sp³-hybridized carbons (Fsp3) is 0.692. The summed E-state index contributed by atoms with van der Waals surface area (Å²) in [6.07, 6.45) is 2.59. The van der Waals surface area contributed by atoms with E-state index in [0.29, 0.717) is 45.1 Å². The predicted molar refractivity (Wildman–Crippen MR) is 77.5 cm³/mol.